The van der Waals surface area contributed by atoms with Gasteiger partial charge in [0.1, 0.15) is 11.5 Å². The first kappa shape index (κ1) is 21.0. The zero-order chi connectivity index (χ0) is 19.2. The molecule has 0 atom stereocenters. The van der Waals surface area contributed by atoms with Crippen molar-refractivity contribution < 1.29 is 9.47 Å². The maximum absolute atomic E-state index is 5.80. The van der Waals surface area contributed by atoms with Crippen molar-refractivity contribution in [2.45, 2.75) is 58.8 Å². The number of unbranched alkanes of at least 4 members (excludes halogenated alkanes) is 5. The second-order valence-corrected chi connectivity index (χ2v) is 6.79. The molecule has 146 valence electrons. The largest absolute Gasteiger partial charge is 0.494 e. The number of aliphatic imine (C=N–C) groups is 1. The molecule has 0 saturated heterocycles. The van der Waals surface area contributed by atoms with Crippen LogP contribution in [0.2, 0.25) is 0 Å². The molecule has 0 unspecified atom stereocenters. The highest BCUT2D eigenvalue weighted by Gasteiger charge is 1.96. The van der Waals surface area contributed by atoms with E-state index in [1.54, 1.807) is 0 Å². The van der Waals surface area contributed by atoms with Crippen molar-refractivity contribution in [1.82, 2.24) is 0 Å². The molecule has 0 saturated carbocycles. The minimum atomic E-state index is 0.770. The van der Waals surface area contributed by atoms with E-state index in [4.69, 9.17) is 9.47 Å². The average molecular weight is 368 g/mol. The Hall–Kier alpha value is -2.29. The third-order valence-corrected chi connectivity index (χ3v) is 4.36. The van der Waals surface area contributed by atoms with Crippen molar-refractivity contribution in [3.63, 3.8) is 0 Å². The van der Waals surface area contributed by atoms with E-state index in [0.29, 0.717) is 0 Å². The van der Waals surface area contributed by atoms with Crippen LogP contribution in [0, 0.1) is 0 Å². The monoisotopic (exact) mass is 367 g/mol. The van der Waals surface area contributed by atoms with Gasteiger partial charge in [0.15, 0.2) is 0 Å². The summed E-state index contributed by atoms with van der Waals surface area (Å²) in [4.78, 5) is 4.53. The van der Waals surface area contributed by atoms with Gasteiger partial charge in [-0.05, 0) is 66.9 Å². The molecular weight excluding hydrogens is 334 g/mol. The first-order valence-electron chi connectivity index (χ1n) is 10.3. The minimum absolute atomic E-state index is 0.770. The number of rotatable bonds is 13. The van der Waals surface area contributed by atoms with Crippen LogP contribution in [0.15, 0.2) is 53.5 Å². The summed E-state index contributed by atoms with van der Waals surface area (Å²) in [5.41, 5.74) is 1.99. The van der Waals surface area contributed by atoms with Crippen LogP contribution in [-0.4, -0.2) is 19.4 Å². The van der Waals surface area contributed by atoms with Crippen molar-refractivity contribution in [3.05, 3.63) is 54.1 Å². The van der Waals surface area contributed by atoms with Crippen molar-refractivity contribution in [3.8, 4) is 11.5 Å². The molecule has 0 spiro atoms. The van der Waals surface area contributed by atoms with Gasteiger partial charge in [-0.15, -0.1) is 0 Å². The van der Waals surface area contributed by atoms with E-state index >= 15 is 0 Å². The number of ether oxygens (including phenoxy) is 2. The fourth-order valence-electron chi connectivity index (χ4n) is 2.66. The lowest BCUT2D eigenvalue weighted by molar-refractivity contribution is 0.304. The molecule has 3 nitrogen and oxygen atoms in total. The van der Waals surface area contributed by atoms with Crippen molar-refractivity contribution in [2.75, 3.05) is 13.2 Å². The Bertz CT molecular complexity index is 647. The van der Waals surface area contributed by atoms with Gasteiger partial charge in [0.25, 0.3) is 0 Å². The molecule has 0 bridgehead atoms. The van der Waals surface area contributed by atoms with E-state index < -0.39 is 0 Å². The second-order valence-electron chi connectivity index (χ2n) is 6.79. The SMILES string of the molecule is CCCCCCCOc1ccc(C=Nc2ccc(OCCCC)cc2)cc1. The standard InChI is InChI=1S/C24H33NO2/c1-3-5-7-8-9-19-27-23-14-10-21(11-15-23)20-25-22-12-16-24(17-13-22)26-18-6-4-2/h10-17,20H,3-9,18-19H2,1-2H3. The summed E-state index contributed by atoms with van der Waals surface area (Å²) >= 11 is 0. The highest BCUT2D eigenvalue weighted by molar-refractivity contribution is 5.82. The van der Waals surface area contributed by atoms with Crippen LogP contribution in [0.4, 0.5) is 5.69 Å². The number of hydrogen-bond donors (Lipinski definition) is 0. The van der Waals surface area contributed by atoms with Crippen molar-refractivity contribution in [2.24, 2.45) is 4.99 Å². The van der Waals surface area contributed by atoms with Crippen LogP contribution in [0.5, 0.6) is 11.5 Å². The molecule has 0 amide bonds. The third-order valence-electron chi connectivity index (χ3n) is 4.36. The van der Waals surface area contributed by atoms with Crippen molar-refractivity contribution in [1.29, 1.82) is 0 Å². The van der Waals surface area contributed by atoms with Crippen LogP contribution < -0.4 is 9.47 Å². The van der Waals surface area contributed by atoms with E-state index in [1.807, 2.05) is 54.7 Å². The molecule has 27 heavy (non-hydrogen) atoms. The van der Waals surface area contributed by atoms with E-state index in [0.717, 1.165) is 55.2 Å². The van der Waals surface area contributed by atoms with Gasteiger partial charge in [0.05, 0.1) is 18.9 Å². The van der Waals surface area contributed by atoms with E-state index in [9.17, 15) is 0 Å². The lowest BCUT2D eigenvalue weighted by atomic mass is 10.2. The lowest BCUT2D eigenvalue weighted by Crippen LogP contribution is -1.97. The summed E-state index contributed by atoms with van der Waals surface area (Å²) in [6.45, 7) is 5.96. The molecular formula is C24H33NO2. The third kappa shape index (κ3) is 8.76. The summed E-state index contributed by atoms with van der Waals surface area (Å²) in [5.74, 6) is 1.83. The predicted octanol–water partition coefficient (Wildman–Crippen LogP) is 6.97. The maximum Gasteiger partial charge on any atom is 0.119 e. The van der Waals surface area contributed by atoms with Gasteiger partial charge in [0, 0.05) is 6.21 Å². The van der Waals surface area contributed by atoms with Gasteiger partial charge in [-0.2, -0.15) is 0 Å². The highest BCUT2D eigenvalue weighted by Crippen LogP contribution is 2.19. The molecule has 0 aliphatic heterocycles. The van der Waals surface area contributed by atoms with Crippen LogP contribution in [0.1, 0.15) is 64.4 Å². The van der Waals surface area contributed by atoms with Gasteiger partial charge in [-0.25, -0.2) is 0 Å². The normalized spacial score (nSPS) is 11.0. The summed E-state index contributed by atoms with van der Waals surface area (Å²) in [5, 5.41) is 0. The topological polar surface area (TPSA) is 30.8 Å². The number of nitrogens with zero attached hydrogens (tertiary/aromatic N) is 1. The zero-order valence-corrected chi connectivity index (χ0v) is 16.8. The molecule has 0 heterocycles. The summed E-state index contributed by atoms with van der Waals surface area (Å²) in [6, 6.07) is 16.0. The van der Waals surface area contributed by atoms with E-state index in [2.05, 4.69) is 18.8 Å². The van der Waals surface area contributed by atoms with Crippen molar-refractivity contribution >= 4 is 11.9 Å². The fraction of sp³-hybridized carbons (Fsp3) is 0.458. The van der Waals surface area contributed by atoms with E-state index in [-0.39, 0.29) is 0 Å². The molecule has 2 aromatic rings. The maximum atomic E-state index is 5.80. The summed E-state index contributed by atoms with van der Waals surface area (Å²) in [7, 11) is 0. The Morgan fingerprint density at radius 1 is 0.667 bits per heavy atom. The first-order valence-corrected chi connectivity index (χ1v) is 10.3. The quantitative estimate of drug-likeness (QED) is 0.283. The molecule has 0 aromatic heterocycles. The Labute approximate surface area is 164 Å². The lowest BCUT2D eigenvalue weighted by Gasteiger charge is -2.06. The Morgan fingerprint density at radius 2 is 1.22 bits per heavy atom. The van der Waals surface area contributed by atoms with Gasteiger partial charge in [0.2, 0.25) is 0 Å². The minimum Gasteiger partial charge on any atom is -0.494 e. The van der Waals surface area contributed by atoms with Gasteiger partial charge in [-0.1, -0.05) is 46.0 Å². The molecule has 2 aromatic carbocycles. The van der Waals surface area contributed by atoms with Crippen LogP contribution in [0.25, 0.3) is 0 Å². The summed E-state index contributed by atoms with van der Waals surface area (Å²) in [6.07, 6.45) is 10.4. The van der Waals surface area contributed by atoms with E-state index in [1.165, 1.54) is 25.7 Å². The average Bonchev–Trinajstić information content (AvgIpc) is 2.71. The molecule has 3 heteroatoms. The molecule has 0 N–H and O–H groups in total. The number of hydrogen-bond acceptors (Lipinski definition) is 3. The van der Waals surface area contributed by atoms with Gasteiger partial charge >= 0.3 is 0 Å². The second kappa shape index (κ2) is 13.0. The number of benzene rings is 2. The molecule has 2 rings (SSSR count). The van der Waals surface area contributed by atoms with Crippen LogP contribution in [-0.2, 0) is 0 Å². The highest BCUT2D eigenvalue weighted by atomic mass is 16.5. The van der Waals surface area contributed by atoms with Gasteiger partial charge < -0.3 is 9.47 Å². The zero-order valence-electron chi connectivity index (χ0n) is 16.8. The smallest absolute Gasteiger partial charge is 0.119 e. The van der Waals surface area contributed by atoms with Gasteiger partial charge in [-0.3, -0.25) is 4.99 Å². The first-order chi connectivity index (χ1) is 13.3. The Kier molecular flexibility index (Phi) is 10.1. The Morgan fingerprint density at radius 3 is 1.85 bits per heavy atom. The molecule has 0 aliphatic carbocycles. The predicted molar refractivity (Wildman–Crippen MR) is 115 cm³/mol. The summed E-state index contributed by atoms with van der Waals surface area (Å²) < 4.78 is 11.5. The van der Waals surface area contributed by atoms with Crippen LogP contribution in [0.3, 0.4) is 0 Å². The molecule has 0 fully saturated rings. The molecule has 0 aliphatic rings. The fourth-order valence-corrected chi connectivity index (χ4v) is 2.66. The Balaban J connectivity index is 1.74. The van der Waals surface area contributed by atoms with Crippen LogP contribution >= 0.6 is 0 Å². The molecule has 0 radical (unpaired) electrons.